The summed E-state index contributed by atoms with van der Waals surface area (Å²) < 4.78 is 7.59. The van der Waals surface area contributed by atoms with Crippen LogP contribution in [0, 0.1) is 5.41 Å². The molecule has 5 N–H and O–H groups in total. The number of nitrogen functional groups attached to an aromatic ring is 1. The van der Waals surface area contributed by atoms with E-state index >= 15 is 0 Å². The van der Waals surface area contributed by atoms with Crippen LogP contribution >= 0.6 is 0 Å². The molecule has 2 amide bonds. The summed E-state index contributed by atoms with van der Waals surface area (Å²) in [5.74, 6) is 0.966. The fraction of sp³-hybridized carbons (Fsp3) is 0.296. The molecule has 3 aromatic rings. The highest BCUT2D eigenvalue weighted by molar-refractivity contribution is 6.03. The van der Waals surface area contributed by atoms with Gasteiger partial charge >= 0.3 is 0 Å². The third kappa shape index (κ3) is 4.51. The predicted octanol–water partition coefficient (Wildman–Crippen LogP) is 4.45. The van der Waals surface area contributed by atoms with Gasteiger partial charge < -0.3 is 21.5 Å². The van der Waals surface area contributed by atoms with Crippen LogP contribution in [0.4, 0.5) is 5.82 Å². The first kappa shape index (κ1) is 24.1. The normalized spacial score (nSPS) is 22.3. The van der Waals surface area contributed by atoms with Gasteiger partial charge in [-0.15, -0.1) is 0 Å². The summed E-state index contributed by atoms with van der Waals surface area (Å²) in [7, 11) is 0. The van der Waals surface area contributed by atoms with Gasteiger partial charge in [-0.25, -0.2) is 4.68 Å². The number of para-hydroxylation sites is 1. The molecule has 5 rings (SSSR count). The predicted molar refractivity (Wildman–Crippen MR) is 136 cm³/mol. The highest BCUT2D eigenvalue weighted by Gasteiger charge is 2.54. The van der Waals surface area contributed by atoms with Crippen LogP contribution in [-0.4, -0.2) is 27.6 Å². The van der Waals surface area contributed by atoms with E-state index in [2.05, 4.69) is 11.9 Å². The number of nitrogens with two attached hydrogens (primary N) is 2. The molecule has 0 atom stereocenters. The molecule has 1 spiro atoms. The van der Waals surface area contributed by atoms with Crippen molar-refractivity contribution in [2.24, 2.45) is 11.1 Å². The van der Waals surface area contributed by atoms with Crippen molar-refractivity contribution in [3.63, 3.8) is 0 Å². The number of hydrogen-bond acceptors (Lipinski definition) is 5. The SMILES string of the molecule is C.C=CC(=O)NC1CC2(C1)CC(n1nc(-c3ccc(Oc4ccccc4)cc3)c(C(N)=O)c1N)C2. The van der Waals surface area contributed by atoms with Crippen LogP contribution in [0.15, 0.2) is 67.3 Å². The topological polar surface area (TPSA) is 125 Å². The maximum absolute atomic E-state index is 12.3. The fourth-order valence-corrected chi connectivity index (χ4v) is 5.27. The third-order valence-electron chi connectivity index (χ3n) is 6.87. The van der Waals surface area contributed by atoms with E-state index in [4.69, 9.17) is 21.3 Å². The Morgan fingerprint density at radius 1 is 1.06 bits per heavy atom. The van der Waals surface area contributed by atoms with E-state index in [0.29, 0.717) is 17.3 Å². The molecule has 2 aliphatic carbocycles. The van der Waals surface area contributed by atoms with Crippen molar-refractivity contribution in [1.29, 1.82) is 0 Å². The van der Waals surface area contributed by atoms with Crippen LogP contribution in [0.3, 0.4) is 0 Å². The second-order valence-corrected chi connectivity index (χ2v) is 9.24. The average Bonchev–Trinajstić information content (AvgIpc) is 3.12. The smallest absolute Gasteiger partial charge is 0.254 e. The Labute approximate surface area is 205 Å². The number of rotatable bonds is 7. The van der Waals surface area contributed by atoms with E-state index in [1.165, 1.54) is 6.08 Å². The number of nitrogens with zero attached hydrogens (tertiary/aromatic N) is 2. The summed E-state index contributed by atoms with van der Waals surface area (Å²) in [5.41, 5.74) is 13.7. The number of anilines is 1. The van der Waals surface area contributed by atoms with Gasteiger partial charge in [0.05, 0.1) is 6.04 Å². The second kappa shape index (κ2) is 9.29. The number of hydrogen-bond donors (Lipinski definition) is 3. The van der Waals surface area contributed by atoms with E-state index in [9.17, 15) is 9.59 Å². The van der Waals surface area contributed by atoms with E-state index < -0.39 is 5.91 Å². The third-order valence-corrected chi connectivity index (χ3v) is 6.87. The second-order valence-electron chi connectivity index (χ2n) is 9.24. The summed E-state index contributed by atoms with van der Waals surface area (Å²) in [6.07, 6.45) is 4.97. The van der Waals surface area contributed by atoms with Crippen molar-refractivity contribution in [2.45, 2.75) is 45.2 Å². The zero-order valence-electron chi connectivity index (χ0n) is 18.7. The zero-order chi connectivity index (χ0) is 23.9. The van der Waals surface area contributed by atoms with E-state index in [-0.39, 0.29) is 36.4 Å². The monoisotopic (exact) mass is 473 g/mol. The molecule has 1 aromatic heterocycles. The van der Waals surface area contributed by atoms with Gasteiger partial charge in [-0.05, 0) is 73.6 Å². The number of carbonyl (C=O) groups excluding carboxylic acids is 2. The first-order valence-electron chi connectivity index (χ1n) is 11.3. The van der Waals surface area contributed by atoms with Crippen molar-refractivity contribution in [3.05, 3.63) is 72.8 Å². The van der Waals surface area contributed by atoms with Crippen molar-refractivity contribution in [3.8, 4) is 22.8 Å². The lowest BCUT2D eigenvalue weighted by Gasteiger charge is -2.57. The first-order valence-corrected chi connectivity index (χ1v) is 11.3. The van der Waals surface area contributed by atoms with Crippen molar-refractivity contribution < 1.29 is 14.3 Å². The lowest BCUT2D eigenvalue weighted by atomic mass is 9.52. The Bertz CT molecular complexity index is 1240. The fourth-order valence-electron chi connectivity index (χ4n) is 5.27. The Hall–Kier alpha value is -4.07. The molecule has 0 bridgehead atoms. The largest absolute Gasteiger partial charge is 0.457 e. The average molecular weight is 474 g/mol. The van der Waals surface area contributed by atoms with Gasteiger partial charge in [-0.2, -0.15) is 5.10 Å². The molecule has 0 radical (unpaired) electrons. The maximum atomic E-state index is 12.3. The van der Waals surface area contributed by atoms with Crippen molar-refractivity contribution in [2.75, 3.05) is 5.73 Å². The van der Waals surface area contributed by atoms with Gasteiger partial charge in [-0.3, -0.25) is 9.59 Å². The highest BCUT2D eigenvalue weighted by Crippen LogP contribution is 2.60. The summed E-state index contributed by atoms with van der Waals surface area (Å²) in [4.78, 5) is 23.8. The summed E-state index contributed by atoms with van der Waals surface area (Å²) in [5, 5.41) is 7.66. The maximum Gasteiger partial charge on any atom is 0.254 e. The molecule has 8 nitrogen and oxygen atoms in total. The summed E-state index contributed by atoms with van der Waals surface area (Å²) >= 11 is 0. The molecule has 2 aromatic carbocycles. The van der Waals surface area contributed by atoms with Gasteiger partial charge in [-0.1, -0.05) is 32.2 Å². The van der Waals surface area contributed by atoms with Crippen molar-refractivity contribution in [1.82, 2.24) is 15.1 Å². The molecular formula is C27H31N5O3. The van der Waals surface area contributed by atoms with Crippen molar-refractivity contribution >= 4 is 17.6 Å². The van der Waals surface area contributed by atoms with Crippen LogP contribution in [0.25, 0.3) is 11.3 Å². The molecule has 182 valence electrons. The number of aromatic nitrogens is 2. The molecular weight excluding hydrogens is 442 g/mol. The number of nitrogens with one attached hydrogen (secondary N) is 1. The quantitative estimate of drug-likeness (QED) is 0.437. The van der Waals surface area contributed by atoms with E-state index in [0.717, 1.165) is 37.0 Å². The van der Waals surface area contributed by atoms with Crippen LogP contribution in [0.2, 0.25) is 0 Å². The highest BCUT2D eigenvalue weighted by atomic mass is 16.5. The minimum absolute atomic E-state index is 0. The molecule has 8 heteroatoms. The number of benzene rings is 2. The standard InChI is InChI=1S/C26H27N5O3.CH4/c1-2-21(32)29-17-12-26(13-17)14-18(15-26)31-24(27)22(25(28)33)23(30-31)16-8-10-20(11-9-16)34-19-6-4-3-5-7-19;/h2-11,17-18H,1,12-15,27H2,(H2,28,33)(H,29,32);1H4. The number of primary amides is 1. The molecule has 0 unspecified atom stereocenters. The van der Waals surface area contributed by atoms with Crippen LogP contribution < -0.4 is 21.5 Å². The molecule has 1 heterocycles. The molecule has 2 aliphatic rings. The van der Waals surface area contributed by atoms with Gasteiger partial charge in [0, 0.05) is 11.6 Å². The lowest BCUT2D eigenvalue weighted by molar-refractivity contribution is -0.120. The summed E-state index contributed by atoms with van der Waals surface area (Å²) in [6.45, 7) is 3.49. The van der Waals surface area contributed by atoms with Crippen LogP contribution in [0.1, 0.15) is 49.5 Å². The minimum Gasteiger partial charge on any atom is -0.457 e. The summed E-state index contributed by atoms with van der Waals surface area (Å²) in [6, 6.07) is 17.1. The number of amides is 2. The Morgan fingerprint density at radius 2 is 1.69 bits per heavy atom. The van der Waals surface area contributed by atoms with Crippen LogP contribution in [-0.2, 0) is 4.79 Å². The van der Waals surface area contributed by atoms with Gasteiger partial charge in [0.1, 0.15) is 28.6 Å². The molecule has 2 fully saturated rings. The minimum atomic E-state index is -0.603. The lowest BCUT2D eigenvalue weighted by Crippen LogP contribution is -2.56. The van der Waals surface area contributed by atoms with Gasteiger partial charge in [0.15, 0.2) is 0 Å². The Kier molecular flexibility index (Phi) is 6.39. The van der Waals surface area contributed by atoms with E-state index in [1.54, 1.807) is 4.68 Å². The van der Waals surface area contributed by atoms with E-state index in [1.807, 2.05) is 54.6 Å². The number of ether oxygens (including phenoxy) is 1. The van der Waals surface area contributed by atoms with Crippen LogP contribution in [0.5, 0.6) is 11.5 Å². The van der Waals surface area contributed by atoms with Gasteiger partial charge in [0.25, 0.3) is 5.91 Å². The first-order chi connectivity index (χ1) is 16.4. The molecule has 35 heavy (non-hydrogen) atoms. The molecule has 0 saturated heterocycles. The van der Waals surface area contributed by atoms with Gasteiger partial charge in [0.2, 0.25) is 5.91 Å². The Morgan fingerprint density at radius 3 is 2.29 bits per heavy atom. The number of carbonyl (C=O) groups is 2. The molecule has 0 aliphatic heterocycles. The zero-order valence-corrected chi connectivity index (χ0v) is 18.7. The molecule has 2 saturated carbocycles. The Balaban J connectivity index is 0.00000289.